The molecule has 0 radical (unpaired) electrons. The molecule has 0 bridgehead atoms. The van der Waals surface area contributed by atoms with Crippen molar-refractivity contribution in [3.8, 4) is 0 Å². The van der Waals surface area contributed by atoms with E-state index in [4.69, 9.17) is 11.1 Å². The fourth-order valence-corrected chi connectivity index (χ4v) is 3.98. The molecule has 0 aliphatic rings. The molecule has 1 rings (SSSR count). The lowest BCUT2D eigenvalue weighted by Gasteiger charge is -2.27. The van der Waals surface area contributed by atoms with E-state index in [1.165, 1.54) is 0 Å². The van der Waals surface area contributed by atoms with Crippen molar-refractivity contribution in [3.05, 3.63) is 29.1 Å². The van der Waals surface area contributed by atoms with Crippen molar-refractivity contribution in [2.45, 2.75) is 12.7 Å². The van der Waals surface area contributed by atoms with Crippen molar-refractivity contribution in [1.29, 1.82) is 0 Å². The molecule has 20 heavy (non-hydrogen) atoms. The second kappa shape index (κ2) is 5.49. The Morgan fingerprint density at radius 3 is 1.55 bits per heavy atom. The lowest BCUT2D eigenvalue weighted by atomic mass is 10.3. The molecule has 1 unspecified atom stereocenters. The maximum atomic E-state index is 13.4. The molecule has 1 nitrogen and oxygen atoms in total. The maximum absolute atomic E-state index is 13.4. The Hall–Kier alpha value is -0.873. The summed E-state index contributed by atoms with van der Waals surface area (Å²) in [6.07, 6.45) is 0. The van der Waals surface area contributed by atoms with Gasteiger partial charge in [-0.25, -0.2) is 22.0 Å². The van der Waals surface area contributed by atoms with Gasteiger partial charge in [-0.15, -0.1) is 11.1 Å². The second-order valence-electron chi connectivity index (χ2n) is 3.47. The molecule has 1 aromatic carbocycles. The molecule has 0 aliphatic heterocycles. The van der Waals surface area contributed by atoms with Crippen molar-refractivity contribution in [2.75, 3.05) is 6.61 Å². The number of hydrogen-bond acceptors (Lipinski definition) is 1. The van der Waals surface area contributed by atoms with Gasteiger partial charge in [0.15, 0.2) is 23.3 Å². The van der Waals surface area contributed by atoms with Crippen molar-refractivity contribution in [2.24, 2.45) is 0 Å². The molecule has 0 aromatic heterocycles. The Bertz CT molecular complexity index is 505. The van der Waals surface area contributed by atoms with E-state index in [1.54, 1.807) is 0 Å². The summed E-state index contributed by atoms with van der Waals surface area (Å²) in [6, 6.07) is 0. The van der Waals surface area contributed by atoms with Gasteiger partial charge in [-0.3, -0.25) is 0 Å². The zero-order chi connectivity index (χ0) is 15.9. The summed E-state index contributed by atoms with van der Waals surface area (Å²) in [4.78, 5) is 0. The summed E-state index contributed by atoms with van der Waals surface area (Å²) in [5.41, 5.74) is 0. The van der Waals surface area contributed by atoms with Crippen LogP contribution in [0.4, 0.5) is 35.1 Å². The van der Waals surface area contributed by atoms with E-state index in [9.17, 15) is 35.1 Å². The van der Waals surface area contributed by atoms with E-state index in [-0.39, 0.29) is 0 Å². The number of rotatable bonds is 3. The molecule has 0 saturated carbocycles. The van der Waals surface area contributed by atoms with Gasteiger partial charge in [0.25, 0.3) is 0 Å². The van der Waals surface area contributed by atoms with E-state index in [0.717, 1.165) is 6.92 Å². The van der Waals surface area contributed by atoms with E-state index in [1.807, 2.05) is 0 Å². The maximum Gasteiger partial charge on any atom is 0.448 e. The molecule has 1 atom stereocenters. The molecule has 114 valence electrons. The highest BCUT2D eigenvalue weighted by Crippen LogP contribution is 2.35. The van der Waals surface area contributed by atoms with Gasteiger partial charge in [-0.1, -0.05) is 0 Å². The minimum Gasteiger partial charge on any atom is -0.394 e. The fourth-order valence-electron chi connectivity index (χ4n) is 1.38. The molecular formula is C9H5ClF8OSi. The van der Waals surface area contributed by atoms with Crippen LogP contribution < -0.4 is 5.19 Å². The Labute approximate surface area is 112 Å². The first-order chi connectivity index (χ1) is 8.99. The Morgan fingerprint density at radius 1 is 0.900 bits per heavy atom. The highest BCUT2D eigenvalue weighted by atomic mass is 35.6. The van der Waals surface area contributed by atoms with Crippen LogP contribution in [0.25, 0.3) is 0 Å². The molecule has 11 heteroatoms. The number of hydrogen-bond donors (Lipinski definition) is 0. The average molecular weight is 345 g/mol. The summed E-state index contributed by atoms with van der Waals surface area (Å²) >= 11 is 5.10. The SMILES string of the molecule is CCO[Si](Cl)(c1c(F)c(F)c(F)c(F)c1F)C(F)(F)F. The number of alkyl halides is 3. The number of halogens is 9. The summed E-state index contributed by atoms with van der Waals surface area (Å²) in [6.45, 7) is 0.302. The monoisotopic (exact) mass is 344 g/mol. The normalized spacial score (nSPS) is 15.3. The van der Waals surface area contributed by atoms with Gasteiger partial charge >= 0.3 is 13.4 Å². The van der Waals surface area contributed by atoms with Crippen LogP contribution >= 0.6 is 11.1 Å². The molecule has 0 fully saturated rings. The van der Waals surface area contributed by atoms with Crippen molar-refractivity contribution < 1.29 is 39.5 Å². The molecular weight excluding hydrogens is 340 g/mol. The van der Waals surface area contributed by atoms with Crippen LogP contribution in [-0.4, -0.2) is 20.0 Å². The molecule has 0 N–H and O–H groups in total. The quantitative estimate of drug-likeness (QED) is 0.268. The van der Waals surface area contributed by atoms with Gasteiger partial charge in [0.05, 0.1) is 5.19 Å². The van der Waals surface area contributed by atoms with Crippen LogP contribution in [0.1, 0.15) is 6.92 Å². The summed E-state index contributed by atoms with van der Waals surface area (Å²) in [5, 5.41) is -2.16. The predicted octanol–water partition coefficient (Wildman–Crippen LogP) is 3.41. The van der Waals surface area contributed by atoms with Crippen LogP contribution in [0.5, 0.6) is 0 Å². The molecule has 0 spiro atoms. The van der Waals surface area contributed by atoms with Crippen LogP contribution in [0.3, 0.4) is 0 Å². The Morgan fingerprint density at radius 2 is 1.25 bits per heavy atom. The Kier molecular flexibility index (Phi) is 4.71. The molecule has 1 aromatic rings. The largest absolute Gasteiger partial charge is 0.448 e. The highest BCUT2D eigenvalue weighted by molar-refractivity contribution is 7.25. The summed E-state index contributed by atoms with van der Waals surface area (Å²) in [5.74, 6) is -18.4. The van der Waals surface area contributed by atoms with E-state index in [0.29, 0.717) is 0 Å². The van der Waals surface area contributed by atoms with Gasteiger partial charge in [0.2, 0.25) is 5.82 Å². The van der Waals surface area contributed by atoms with Gasteiger partial charge < -0.3 is 4.43 Å². The standard InChI is InChI=1S/C9H5ClF8OSi/c1-2-19-20(10,9(16,17)18)8-6(14)4(12)3(11)5(13)7(8)15/h2H2,1H3. The van der Waals surface area contributed by atoms with E-state index < -0.39 is 54.3 Å². The molecule has 0 saturated heterocycles. The minimum absolute atomic E-state index is 0.727. The zero-order valence-corrected chi connectivity index (χ0v) is 11.3. The topological polar surface area (TPSA) is 9.23 Å². The van der Waals surface area contributed by atoms with Crippen LogP contribution in [0.2, 0.25) is 0 Å². The number of benzene rings is 1. The van der Waals surface area contributed by atoms with Gasteiger partial charge in [-0.2, -0.15) is 13.2 Å². The smallest absolute Gasteiger partial charge is 0.394 e. The molecule has 0 amide bonds. The lowest BCUT2D eigenvalue weighted by molar-refractivity contribution is -0.0669. The first kappa shape index (κ1) is 17.2. The highest BCUT2D eigenvalue weighted by Gasteiger charge is 2.64. The third-order valence-corrected chi connectivity index (χ3v) is 6.27. The minimum atomic E-state index is -5.93. The summed E-state index contributed by atoms with van der Waals surface area (Å²) in [7, 11) is -5.93. The molecule has 0 heterocycles. The first-order valence-corrected chi connectivity index (χ1v) is 7.82. The lowest BCUT2D eigenvalue weighted by Crippen LogP contribution is -2.61. The van der Waals surface area contributed by atoms with Crippen molar-refractivity contribution in [3.63, 3.8) is 0 Å². The average Bonchev–Trinajstić information content (AvgIpc) is 2.33. The Balaban J connectivity index is 3.75. The van der Waals surface area contributed by atoms with Crippen LogP contribution in [0, 0.1) is 29.1 Å². The van der Waals surface area contributed by atoms with Crippen molar-refractivity contribution in [1.82, 2.24) is 0 Å². The summed E-state index contributed by atoms with van der Waals surface area (Å²) < 4.78 is 108. The van der Waals surface area contributed by atoms with E-state index in [2.05, 4.69) is 4.43 Å². The van der Waals surface area contributed by atoms with Gasteiger partial charge in [-0.05, 0) is 6.92 Å². The first-order valence-electron chi connectivity index (χ1n) is 4.90. The second-order valence-corrected chi connectivity index (χ2v) is 7.61. The van der Waals surface area contributed by atoms with Gasteiger partial charge in [0.1, 0.15) is 0 Å². The van der Waals surface area contributed by atoms with E-state index >= 15 is 0 Å². The zero-order valence-electron chi connectivity index (χ0n) is 9.52. The molecule has 0 aliphatic carbocycles. The third kappa shape index (κ3) is 2.51. The third-order valence-electron chi connectivity index (χ3n) is 2.24. The van der Waals surface area contributed by atoms with Crippen LogP contribution in [-0.2, 0) is 4.43 Å². The predicted molar refractivity (Wildman–Crippen MR) is 55.2 cm³/mol. The van der Waals surface area contributed by atoms with Gasteiger partial charge in [0, 0.05) is 6.61 Å². The fraction of sp³-hybridized carbons (Fsp3) is 0.333. The van der Waals surface area contributed by atoms with Crippen molar-refractivity contribution >= 4 is 23.9 Å². The van der Waals surface area contributed by atoms with Crippen LogP contribution in [0.15, 0.2) is 0 Å².